The van der Waals surface area contributed by atoms with Gasteiger partial charge in [-0.2, -0.15) is 0 Å². The van der Waals surface area contributed by atoms with Crippen molar-refractivity contribution in [2.24, 2.45) is 0 Å². The first-order valence-corrected chi connectivity index (χ1v) is 6.40. The second-order valence-electron chi connectivity index (χ2n) is 3.71. The van der Waals surface area contributed by atoms with Crippen LogP contribution in [-0.4, -0.2) is 17.6 Å². The monoisotopic (exact) mass is 266 g/mol. The van der Waals surface area contributed by atoms with E-state index in [1.165, 1.54) is 0 Å². The number of amides is 1. The third-order valence-corrected chi connectivity index (χ3v) is 2.34. The summed E-state index contributed by atoms with van der Waals surface area (Å²) in [5, 5.41) is 5.88. The Kier molecular flexibility index (Phi) is 6.14. The van der Waals surface area contributed by atoms with Gasteiger partial charge in [-0.3, -0.25) is 4.79 Å². The minimum Gasteiger partial charge on any atom is -0.494 e. The van der Waals surface area contributed by atoms with Crippen molar-refractivity contribution < 1.29 is 9.53 Å². The standard InChI is InChI=1S/C13H18N2O2S/c1-3-6-12(16)15-13(18)14-10-7-5-8-11(9-10)17-4-2/h5,7-9H,3-4,6H2,1-2H3,(H2,14,15,16,18). The van der Waals surface area contributed by atoms with Gasteiger partial charge in [0.05, 0.1) is 6.61 Å². The molecular weight excluding hydrogens is 248 g/mol. The van der Waals surface area contributed by atoms with Crippen molar-refractivity contribution in [3.8, 4) is 5.75 Å². The Morgan fingerprint density at radius 1 is 1.39 bits per heavy atom. The van der Waals surface area contributed by atoms with Crippen molar-refractivity contribution in [2.45, 2.75) is 26.7 Å². The van der Waals surface area contributed by atoms with E-state index >= 15 is 0 Å². The van der Waals surface area contributed by atoms with Crippen LogP contribution in [0.15, 0.2) is 24.3 Å². The average Bonchev–Trinajstić information content (AvgIpc) is 2.29. The summed E-state index contributed by atoms with van der Waals surface area (Å²) in [6.45, 7) is 4.48. The predicted octanol–water partition coefficient (Wildman–Crippen LogP) is 2.70. The molecule has 0 spiro atoms. The van der Waals surface area contributed by atoms with Crippen molar-refractivity contribution >= 4 is 28.9 Å². The lowest BCUT2D eigenvalue weighted by Gasteiger charge is -2.10. The Bertz CT molecular complexity index is 421. The first-order chi connectivity index (χ1) is 8.65. The maximum Gasteiger partial charge on any atom is 0.226 e. The zero-order valence-corrected chi connectivity index (χ0v) is 11.5. The van der Waals surface area contributed by atoms with Crippen molar-refractivity contribution in [1.29, 1.82) is 0 Å². The molecule has 0 atom stereocenters. The van der Waals surface area contributed by atoms with Gasteiger partial charge in [-0.15, -0.1) is 0 Å². The maximum absolute atomic E-state index is 11.3. The lowest BCUT2D eigenvalue weighted by atomic mass is 10.3. The second-order valence-corrected chi connectivity index (χ2v) is 4.12. The quantitative estimate of drug-likeness (QED) is 0.805. The molecular formula is C13H18N2O2S. The molecule has 4 nitrogen and oxygen atoms in total. The molecule has 0 heterocycles. The van der Waals surface area contributed by atoms with Gasteiger partial charge in [0.1, 0.15) is 5.75 Å². The van der Waals surface area contributed by atoms with Crippen LogP contribution >= 0.6 is 12.2 Å². The summed E-state index contributed by atoms with van der Waals surface area (Å²) in [7, 11) is 0. The molecule has 1 aromatic carbocycles. The van der Waals surface area contributed by atoms with E-state index in [2.05, 4.69) is 10.6 Å². The van der Waals surface area contributed by atoms with Crippen LogP contribution in [0, 0.1) is 0 Å². The molecule has 0 radical (unpaired) electrons. The molecule has 0 fully saturated rings. The van der Waals surface area contributed by atoms with Gasteiger partial charge in [-0.05, 0) is 37.7 Å². The van der Waals surface area contributed by atoms with Crippen LogP contribution in [0.5, 0.6) is 5.75 Å². The van der Waals surface area contributed by atoms with Gasteiger partial charge < -0.3 is 15.4 Å². The van der Waals surface area contributed by atoms with E-state index < -0.39 is 0 Å². The van der Waals surface area contributed by atoms with E-state index in [0.29, 0.717) is 18.1 Å². The van der Waals surface area contributed by atoms with Gasteiger partial charge in [0.25, 0.3) is 0 Å². The first kappa shape index (κ1) is 14.4. The van der Waals surface area contributed by atoms with Crippen molar-refractivity contribution in [3.63, 3.8) is 0 Å². The van der Waals surface area contributed by atoms with E-state index in [-0.39, 0.29) is 5.91 Å². The Morgan fingerprint density at radius 3 is 2.83 bits per heavy atom. The number of ether oxygens (including phenoxy) is 1. The molecule has 0 aliphatic heterocycles. The fraction of sp³-hybridized carbons (Fsp3) is 0.385. The number of carbonyl (C=O) groups is 1. The van der Waals surface area contributed by atoms with Crippen LogP contribution in [0.4, 0.5) is 5.69 Å². The van der Waals surface area contributed by atoms with E-state index in [9.17, 15) is 4.79 Å². The number of nitrogens with one attached hydrogen (secondary N) is 2. The van der Waals surface area contributed by atoms with Gasteiger partial charge in [-0.1, -0.05) is 13.0 Å². The SMILES string of the molecule is CCCC(=O)NC(=S)Nc1cccc(OCC)c1. The largest absolute Gasteiger partial charge is 0.494 e. The molecule has 1 rings (SSSR count). The lowest BCUT2D eigenvalue weighted by molar-refractivity contribution is -0.119. The number of anilines is 1. The topological polar surface area (TPSA) is 50.4 Å². The van der Waals surface area contributed by atoms with Crippen LogP contribution in [0.1, 0.15) is 26.7 Å². The summed E-state index contributed by atoms with van der Waals surface area (Å²) in [5.74, 6) is 0.696. The molecule has 2 N–H and O–H groups in total. The summed E-state index contributed by atoms with van der Waals surface area (Å²) < 4.78 is 5.38. The molecule has 98 valence electrons. The Morgan fingerprint density at radius 2 is 2.17 bits per heavy atom. The minimum absolute atomic E-state index is 0.0732. The van der Waals surface area contributed by atoms with E-state index in [1.807, 2.05) is 38.1 Å². The highest BCUT2D eigenvalue weighted by Gasteiger charge is 2.04. The molecule has 18 heavy (non-hydrogen) atoms. The van der Waals surface area contributed by atoms with Crippen LogP contribution in [0.25, 0.3) is 0 Å². The molecule has 0 unspecified atom stereocenters. The normalized spacial score (nSPS) is 9.67. The number of hydrogen-bond donors (Lipinski definition) is 2. The minimum atomic E-state index is -0.0732. The molecule has 1 amide bonds. The summed E-state index contributed by atoms with van der Waals surface area (Å²) in [6.07, 6.45) is 1.27. The van der Waals surface area contributed by atoms with Gasteiger partial charge in [0.15, 0.2) is 5.11 Å². The summed E-state index contributed by atoms with van der Waals surface area (Å²) in [5.41, 5.74) is 0.794. The fourth-order valence-electron chi connectivity index (χ4n) is 1.41. The Balaban J connectivity index is 2.53. The van der Waals surface area contributed by atoms with Crippen LogP contribution in [0.3, 0.4) is 0 Å². The van der Waals surface area contributed by atoms with E-state index in [4.69, 9.17) is 17.0 Å². The van der Waals surface area contributed by atoms with Crippen molar-refractivity contribution in [3.05, 3.63) is 24.3 Å². The molecule has 1 aromatic rings. The molecule has 5 heteroatoms. The first-order valence-electron chi connectivity index (χ1n) is 5.99. The molecule has 0 saturated heterocycles. The lowest BCUT2D eigenvalue weighted by Crippen LogP contribution is -2.33. The van der Waals surface area contributed by atoms with Crippen molar-refractivity contribution in [2.75, 3.05) is 11.9 Å². The molecule has 0 aliphatic carbocycles. The fourth-order valence-corrected chi connectivity index (χ4v) is 1.64. The molecule has 0 aromatic heterocycles. The van der Waals surface area contributed by atoms with Gasteiger partial charge in [0.2, 0.25) is 5.91 Å². The summed E-state index contributed by atoms with van der Waals surface area (Å²) >= 11 is 5.05. The van der Waals surface area contributed by atoms with E-state index in [1.54, 1.807) is 0 Å². The van der Waals surface area contributed by atoms with Crippen LogP contribution in [-0.2, 0) is 4.79 Å². The zero-order valence-electron chi connectivity index (χ0n) is 10.7. The second kappa shape index (κ2) is 7.66. The highest BCUT2D eigenvalue weighted by Crippen LogP contribution is 2.17. The smallest absolute Gasteiger partial charge is 0.226 e. The average molecular weight is 266 g/mol. The van der Waals surface area contributed by atoms with E-state index in [0.717, 1.165) is 17.9 Å². The number of rotatable bonds is 5. The van der Waals surface area contributed by atoms with Gasteiger partial charge in [-0.25, -0.2) is 0 Å². The Hall–Kier alpha value is -1.62. The number of benzene rings is 1. The summed E-state index contributed by atoms with van der Waals surface area (Å²) in [4.78, 5) is 11.3. The highest BCUT2D eigenvalue weighted by atomic mass is 32.1. The van der Waals surface area contributed by atoms with Crippen LogP contribution in [0.2, 0.25) is 0 Å². The third-order valence-electron chi connectivity index (χ3n) is 2.13. The number of hydrogen-bond acceptors (Lipinski definition) is 3. The van der Waals surface area contributed by atoms with Gasteiger partial charge in [0, 0.05) is 18.2 Å². The molecule has 0 saturated carbocycles. The number of thiocarbonyl (C=S) groups is 1. The zero-order chi connectivity index (χ0) is 13.4. The summed E-state index contributed by atoms with van der Waals surface area (Å²) in [6, 6.07) is 7.43. The predicted molar refractivity (Wildman–Crippen MR) is 76.9 cm³/mol. The molecule has 0 bridgehead atoms. The number of carbonyl (C=O) groups excluding carboxylic acids is 1. The third kappa shape index (κ3) is 5.14. The highest BCUT2D eigenvalue weighted by molar-refractivity contribution is 7.80. The Labute approximate surface area is 113 Å². The van der Waals surface area contributed by atoms with Crippen LogP contribution < -0.4 is 15.4 Å². The maximum atomic E-state index is 11.3. The van der Waals surface area contributed by atoms with Crippen molar-refractivity contribution in [1.82, 2.24) is 5.32 Å². The van der Waals surface area contributed by atoms with Gasteiger partial charge >= 0.3 is 0 Å². The molecule has 0 aliphatic rings.